The van der Waals surface area contributed by atoms with Gasteiger partial charge in [-0.1, -0.05) is 24.1 Å². The van der Waals surface area contributed by atoms with E-state index in [-0.39, 0.29) is 42.0 Å². The topological polar surface area (TPSA) is 87.1 Å². The third-order valence-electron chi connectivity index (χ3n) is 6.06. The van der Waals surface area contributed by atoms with E-state index in [1.165, 1.54) is 17.7 Å². The molecule has 178 valence electrons. The predicted octanol–water partition coefficient (Wildman–Crippen LogP) is 2.02. The first-order chi connectivity index (χ1) is 16.6. The highest BCUT2D eigenvalue weighted by molar-refractivity contribution is 5.95. The van der Waals surface area contributed by atoms with E-state index in [2.05, 4.69) is 11.8 Å². The van der Waals surface area contributed by atoms with E-state index in [0.717, 1.165) is 24.8 Å². The lowest BCUT2D eigenvalue weighted by molar-refractivity contribution is -0.125. The molecule has 1 atom stereocenters. The molecule has 1 aromatic carbocycles. The number of hydrogen-bond donors (Lipinski definition) is 0. The van der Waals surface area contributed by atoms with Gasteiger partial charge in [-0.25, -0.2) is 4.79 Å². The first-order valence-electron chi connectivity index (χ1n) is 11.5. The van der Waals surface area contributed by atoms with Gasteiger partial charge < -0.3 is 23.7 Å². The van der Waals surface area contributed by atoms with Crippen molar-refractivity contribution < 1.29 is 23.8 Å². The summed E-state index contributed by atoms with van der Waals surface area (Å²) in [5, 5.41) is 0. The Morgan fingerprint density at radius 2 is 1.97 bits per heavy atom. The highest BCUT2D eigenvalue weighted by Crippen LogP contribution is 2.25. The summed E-state index contributed by atoms with van der Waals surface area (Å²) in [4.78, 5) is 39.9. The molecule has 1 saturated heterocycles. The first-order valence-corrected chi connectivity index (χ1v) is 11.5. The summed E-state index contributed by atoms with van der Waals surface area (Å²) < 4.78 is 18.1. The molecule has 0 aliphatic carbocycles. The number of hydrogen-bond acceptors (Lipinski definition) is 6. The molecule has 3 heterocycles. The molecule has 2 aliphatic heterocycles. The lowest BCUT2D eigenvalue weighted by Crippen LogP contribution is -2.33. The monoisotopic (exact) mass is 464 g/mol. The minimum Gasteiger partial charge on any atom is -0.490 e. The van der Waals surface area contributed by atoms with Crippen LogP contribution in [0.5, 0.6) is 5.75 Å². The Labute approximate surface area is 198 Å². The van der Waals surface area contributed by atoms with Gasteiger partial charge in [0.1, 0.15) is 17.9 Å². The molecule has 0 spiro atoms. The Morgan fingerprint density at radius 1 is 1.15 bits per heavy atom. The van der Waals surface area contributed by atoms with Crippen LogP contribution in [0.25, 0.3) is 0 Å². The zero-order chi connectivity index (χ0) is 23.9. The molecule has 8 nitrogen and oxygen atoms in total. The standard InChI is InChI=1S/C26H28N2O6/c1-32-26(31)25-21-12-13-27(23(29)11-10-19-7-3-2-4-8-19)14-15-28(21)24(30)17-22(25)34-18-20-9-5-6-16-33-20/h2-4,7-8,17,20H,5-6,9,12-16,18H2,1H3/t20-/m1/s1. The van der Waals surface area contributed by atoms with Gasteiger partial charge in [0, 0.05) is 55.9 Å². The van der Waals surface area contributed by atoms with Gasteiger partial charge in [-0.05, 0) is 31.4 Å². The molecule has 1 aromatic heterocycles. The molecule has 0 saturated carbocycles. The number of ether oxygens (including phenoxy) is 3. The number of rotatable bonds is 4. The SMILES string of the molecule is COC(=O)c1c(OC[C@H]2CCCCO2)cc(=O)n2c1CCN(C(=O)C#Cc1ccccc1)CC2. The number of carbonyl (C=O) groups excluding carboxylic acids is 2. The number of carbonyl (C=O) groups is 2. The zero-order valence-electron chi connectivity index (χ0n) is 19.2. The summed E-state index contributed by atoms with van der Waals surface area (Å²) in [6, 6.07) is 10.6. The van der Waals surface area contributed by atoms with E-state index in [1.54, 1.807) is 4.90 Å². The van der Waals surface area contributed by atoms with Gasteiger partial charge in [0.05, 0.1) is 13.2 Å². The van der Waals surface area contributed by atoms with E-state index in [4.69, 9.17) is 14.2 Å². The fraction of sp³-hybridized carbons (Fsp3) is 0.423. The minimum atomic E-state index is -0.577. The van der Waals surface area contributed by atoms with Crippen molar-refractivity contribution in [2.24, 2.45) is 0 Å². The maximum atomic E-state index is 12.9. The maximum Gasteiger partial charge on any atom is 0.343 e. The number of pyridine rings is 1. The molecule has 0 N–H and O–H groups in total. The second-order valence-corrected chi connectivity index (χ2v) is 8.27. The van der Waals surface area contributed by atoms with Gasteiger partial charge in [0.25, 0.3) is 11.5 Å². The van der Waals surface area contributed by atoms with Gasteiger partial charge in [-0.3, -0.25) is 9.59 Å². The largest absolute Gasteiger partial charge is 0.490 e. The van der Waals surface area contributed by atoms with E-state index in [9.17, 15) is 14.4 Å². The third kappa shape index (κ3) is 5.49. The summed E-state index contributed by atoms with van der Waals surface area (Å²) in [5.74, 6) is 4.84. The van der Waals surface area contributed by atoms with Crippen molar-refractivity contribution >= 4 is 11.9 Å². The molecule has 1 fully saturated rings. The molecule has 4 rings (SSSR count). The van der Waals surface area contributed by atoms with Crippen LogP contribution in [0, 0.1) is 11.8 Å². The van der Waals surface area contributed by atoms with Gasteiger partial charge >= 0.3 is 5.97 Å². The number of methoxy groups -OCH3 is 1. The summed E-state index contributed by atoms with van der Waals surface area (Å²) >= 11 is 0. The normalized spacial score (nSPS) is 17.6. The minimum absolute atomic E-state index is 0.0721. The molecular weight excluding hydrogens is 436 g/mol. The number of amides is 1. The summed E-state index contributed by atoms with van der Waals surface area (Å²) in [7, 11) is 1.30. The van der Waals surface area contributed by atoms with Crippen LogP contribution in [0.4, 0.5) is 0 Å². The van der Waals surface area contributed by atoms with E-state index < -0.39 is 5.97 Å². The van der Waals surface area contributed by atoms with Crippen LogP contribution in [0.2, 0.25) is 0 Å². The fourth-order valence-corrected chi connectivity index (χ4v) is 4.24. The van der Waals surface area contributed by atoms with Crippen LogP contribution in [-0.4, -0.2) is 60.9 Å². The van der Waals surface area contributed by atoms with Crippen LogP contribution >= 0.6 is 0 Å². The number of nitrogens with zero attached hydrogens (tertiary/aromatic N) is 2. The number of benzene rings is 1. The Kier molecular flexibility index (Phi) is 7.65. The highest BCUT2D eigenvalue weighted by atomic mass is 16.5. The van der Waals surface area contributed by atoms with Crippen LogP contribution in [0.15, 0.2) is 41.2 Å². The molecule has 0 bridgehead atoms. The second kappa shape index (κ2) is 11.0. The Balaban J connectivity index is 1.55. The average molecular weight is 465 g/mol. The molecule has 0 radical (unpaired) electrons. The molecule has 0 unspecified atom stereocenters. The van der Waals surface area contributed by atoms with Crippen molar-refractivity contribution in [2.45, 2.75) is 38.3 Å². The lowest BCUT2D eigenvalue weighted by Gasteiger charge is -2.24. The summed E-state index contributed by atoms with van der Waals surface area (Å²) in [6.07, 6.45) is 3.18. The van der Waals surface area contributed by atoms with Crippen molar-refractivity contribution in [1.82, 2.24) is 9.47 Å². The van der Waals surface area contributed by atoms with E-state index in [1.807, 2.05) is 30.3 Å². The Bertz CT molecular complexity index is 1160. The average Bonchev–Trinajstić information content (AvgIpc) is 3.10. The predicted molar refractivity (Wildman–Crippen MR) is 125 cm³/mol. The molecule has 34 heavy (non-hydrogen) atoms. The molecular formula is C26H28N2O6. The first kappa shape index (κ1) is 23.6. The molecule has 2 aliphatic rings. The number of aromatic nitrogens is 1. The zero-order valence-corrected chi connectivity index (χ0v) is 19.2. The van der Waals surface area contributed by atoms with Gasteiger partial charge in [-0.15, -0.1) is 0 Å². The number of fused-ring (bicyclic) bond motifs is 1. The molecule has 2 aromatic rings. The maximum absolute atomic E-state index is 12.9. The fourth-order valence-electron chi connectivity index (χ4n) is 4.24. The van der Waals surface area contributed by atoms with Crippen molar-refractivity contribution in [3.8, 4) is 17.6 Å². The highest BCUT2D eigenvalue weighted by Gasteiger charge is 2.27. The van der Waals surface area contributed by atoms with E-state index >= 15 is 0 Å². The van der Waals surface area contributed by atoms with Crippen LogP contribution in [0.1, 0.15) is 40.9 Å². The lowest BCUT2D eigenvalue weighted by atomic mass is 10.1. The summed E-state index contributed by atoms with van der Waals surface area (Å²) in [5.41, 5.74) is 1.20. The van der Waals surface area contributed by atoms with Crippen LogP contribution in [-0.2, 0) is 27.2 Å². The van der Waals surface area contributed by atoms with Crippen molar-refractivity contribution in [3.63, 3.8) is 0 Å². The third-order valence-corrected chi connectivity index (χ3v) is 6.06. The van der Waals surface area contributed by atoms with Gasteiger partial charge in [0.15, 0.2) is 0 Å². The molecule has 8 heteroatoms. The second-order valence-electron chi connectivity index (χ2n) is 8.27. The smallest absolute Gasteiger partial charge is 0.343 e. The van der Waals surface area contributed by atoms with Crippen LogP contribution < -0.4 is 10.3 Å². The quantitative estimate of drug-likeness (QED) is 0.508. The van der Waals surface area contributed by atoms with Gasteiger partial charge in [0.2, 0.25) is 0 Å². The van der Waals surface area contributed by atoms with Crippen LogP contribution in [0.3, 0.4) is 0 Å². The summed E-state index contributed by atoms with van der Waals surface area (Å²) in [6.45, 7) is 1.82. The Morgan fingerprint density at radius 3 is 2.71 bits per heavy atom. The number of esters is 1. The Hall–Kier alpha value is -3.57. The van der Waals surface area contributed by atoms with E-state index in [0.29, 0.717) is 31.8 Å². The van der Waals surface area contributed by atoms with Crippen molar-refractivity contribution in [2.75, 3.05) is 33.4 Å². The van der Waals surface area contributed by atoms with Gasteiger partial charge in [-0.2, -0.15) is 0 Å². The molecule has 1 amide bonds. The van der Waals surface area contributed by atoms with Crippen molar-refractivity contribution in [1.29, 1.82) is 0 Å². The van der Waals surface area contributed by atoms with Crippen molar-refractivity contribution in [3.05, 3.63) is 63.6 Å².